The largest absolute Gasteiger partial charge is 0.489 e. The normalized spacial score (nSPS) is 21.3. The highest BCUT2D eigenvalue weighted by atomic mass is 35.5. The van der Waals surface area contributed by atoms with Crippen LogP contribution < -0.4 is 9.47 Å². The van der Waals surface area contributed by atoms with Crippen LogP contribution in [0.15, 0.2) is 29.0 Å². The molecule has 2 aromatic rings. The second-order valence-electron chi connectivity index (χ2n) is 8.26. The van der Waals surface area contributed by atoms with Gasteiger partial charge in [0.05, 0.1) is 11.1 Å². The first-order valence-electron chi connectivity index (χ1n) is 10.5. The number of oxazole rings is 1. The number of halogens is 1. The van der Waals surface area contributed by atoms with Gasteiger partial charge in [-0.25, -0.2) is 9.78 Å². The van der Waals surface area contributed by atoms with Crippen molar-refractivity contribution in [3.8, 4) is 11.7 Å². The lowest BCUT2D eigenvalue weighted by Gasteiger charge is -2.37. The summed E-state index contributed by atoms with van der Waals surface area (Å²) in [4.78, 5) is 20.1. The summed E-state index contributed by atoms with van der Waals surface area (Å²) < 4.78 is 16.4. The molecule has 1 amide bonds. The van der Waals surface area contributed by atoms with Gasteiger partial charge < -0.3 is 18.8 Å². The Kier molecular flexibility index (Phi) is 6.49. The van der Waals surface area contributed by atoms with Crippen molar-refractivity contribution in [3.05, 3.63) is 40.9 Å². The van der Waals surface area contributed by atoms with E-state index in [0.717, 1.165) is 48.8 Å². The Morgan fingerprint density at radius 3 is 2.80 bits per heavy atom. The van der Waals surface area contributed by atoms with Crippen LogP contribution in [-0.2, 0) is 6.54 Å². The van der Waals surface area contributed by atoms with Crippen molar-refractivity contribution < 1.29 is 18.7 Å². The molecule has 0 radical (unpaired) electrons. The number of aryl methyl sites for hydroxylation is 1. The molecule has 1 aromatic carbocycles. The molecule has 162 valence electrons. The van der Waals surface area contributed by atoms with E-state index in [1.54, 1.807) is 18.9 Å². The van der Waals surface area contributed by atoms with E-state index < -0.39 is 6.09 Å². The molecule has 1 saturated heterocycles. The van der Waals surface area contributed by atoms with Gasteiger partial charge in [0, 0.05) is 20.1 Å². The third kappa shape index (κ3) is 4.90. The molecule has 30 heavy (non-hydrogen) atoms. The van der Waals surface area contributed by atoms with E-state index in [9.17, 15) is 4.79 Å². The highest BCUT2D eigenvalue weighted by Crippen LogP contribution is 2.36. The molecule has 2 heterocycles. The van der Waals surface area contributed by atoms with E-state index in [-0.39, 0.29) is 12.1 Å². The molecule has 8 heteroatoms. The number of carbonyl (C=O) groups excluding carboxylic acids is 1. The molecule has 1 aliphatic heterocycles. The van der Waals surface area contributed by atoms with E-state index in [2.05, 4.69) is 16.0 Å². The average molecular weight is 434 g/mol. The first-order chi connectivity index (χ1) is 14.5. The van der Waals surface area contributed by atoms with Gasteiger partial charge in [0.15, 0.2) is 6.39 Å². The molecule has 2 aliphatic rings. The Balaban J connectivity index is 1.24. The summed E-state index contributed by atoms with van der Waals surface area (Å²) in [6.45, 7) is 5.48. The minimum atomic E-state index is -0.447. The number of carbonyl (C=O) groups is 1. The second kappa shape index (κ2) is 9.27. The molecule has 0 atom stereocenters. The van der Waals surface area contributed by atoms with Crippen molar-refractivity contribution in [2.45, 2.75) is 45.3 Å². The molecule has 1 aromatic heterocycles. The number of nitrogens with zero attached hydrogens (tertiary/aromatic N) is 3. The molecule has 0 unspecified atom stereocenters. The Morgan fingerprint density at radius 1 is 1.33 bits per heavy atom. The topological polar surface area (TPSA) is 68.0 Å². The summed E-state index contributed by atoms with van der Waals surface area (Å²) in [5, 5.41) is 0.718. The fraction of sp³-hybridized carbons (Fsp3) is 0.545. The third-order valence-electron chi connectivity index (χ3n) is 5.85. The first kappa shape index (κ1) is 21.0. The van der Waals surface area contributed by atoms with Crippen LogP contribution in [-0.4, -0.2) is 53.7 Å². The first-order valence-corrected chi connectivity index (χ1v) is 10.9. The Labute approximate surface area is 181 Å². The fourth-order valence-corrected chi connectivity index (χ4v) is 4.29. The predicted molar refractivity (Wildman–Crippen MR) is 113 cm³/mol. The Hall–Kier alpha value is -2.25. The Bertz CT molecular complexity index is 875. The van der Waals surface area contributed by atoms with Crippen molar-refractivity contribution in [3.63, 3.8) is 0 Å². The SMILES string of the molecule is Cc1ncoc1OC(=O)N(C)CC1CC(Oc2cccc(CN3CCCC3)c2Cl)C1. The number of hydrogen-bond acceptors (Lipinski definition) is 6. The number of ether oxygens (including phenoxy) is 2. The smallest absolute Gasteiger partial charge is 0.417 e. The number of amides is 1. The minimum Gasteiger partial charge on any atom is -0.489 e. The van der Waals surface area contributed by atoms with Crippen molar-refractivity contribution in [1.29, 1.82) is 0 Å². The summed E-state index contributed by atoms with van der Waals surface area (Å²) in [6.07, 6.45) is 5.22. The number of benzene rings is 1. The highest BCUT2D eigenvalue weighted by molar-refractivity contribution is 6.32. The molecule has 7 nitrogen and oxygen atoms in total. The number of aromatic nitrogens is 1. The zero-order valence-corrected chi connectivity index (χ0v) is 18.2. The van der Waals surface area contributed by atoms with Crippen molar-refractivity contribution in [1.82, 2.24) is 14.8 Å². The van der Waals surface area contributed by atoms with E-state index in [0.29, 0.717) is 18.2 Å². The van der Waals surface area contributed by atoms with Crippen LogP contribution in [0.25, 0.3) is 0 Å². The van der Waals surface area contributed by atoms with E-state index >= 15 is 0 Å². The van der Waals surface area contributed by atoms with Crippen LogP contribution in [0.3, 0.4) is 0 Å². The molecule has 2 fully saturated rings. The lowest BCUT2D eigenvalue weighted by atomic mass is 9.82. The van der Waals surface area contributed by atoms with Gasteiger partial charge in [-0.3, -0.25) is 4.90 Å². The molecule has 0 N–H and O–H groups in total. The summed E-state index contributed by atoms with van der Waals surface area (Å²) in [7, 11) is 1.72. The maximum atomic E-state index is 12.2. The summed E-state index contributed by atoms with van der Waals surface area (Å²) >= 11 is 6.62. The van der Waals surface area contributed by atoms with E-state index in [1.807, 2.05) is 12.1 Å². The Morgan fingerprint density at radius 2 is 2.10 bits per heavy atom. The zero-order valence-electron chi connectivity index (χ0n) is 17.5. The maximum absolute atomic E-state index is 12.2. The third-order valence-corrected chi connectivity index (χ3v) is 6.28. The fourth-order valence-electron chi connectivity index (χ4n) is 4.06. The molecular weight excluding hydrogens is 406 g/mol. The molecule has 0 spiro atoms. The molecule has 1 saturated carbocycles. The van der Waals surface area contributed by atoms with Crippen molar-refractivity contribution >= 4 is 17.7 Å². The average Bonchev–Trinajstić information content (AvgIpc) is 3.35. The predicted octanol–water partition coefficient (Wildman–Crippen LogP) is 4.52. The summed E-state index contributed by atoms with van der Waals surface area (Å²) in [5.41, 5.74) is 1.68. The van der Waals surface area contributed by atoms with Gasteiger partial charge in [0.1, 0.15) is 11.4 Å². The van der Waals surface area contributed by atoms with Crippen LogP contribution in [0.2, 0.25) is 5.02 Å². The van der Waals surface area contributed by atoms with Crippen LogP contribution in [0.1, 0.15) is 36.9 Å². The van der Waals surface area contributed by atoms with Crippen LogP contribution >= 0.6 is 11.6 Å². The van der Waals surface area contributed by atoms with E-state index in [1.165, 1.54) is 19.2 Å². The van der Waals surface area contributed by atoms with Crippen molar-refractivity contribution in [2.24, 2.45) is 5.92 Å². The van der Waals surface area contributed by atoms with Crippen molar-refractivity contribution in [2.75, 3.05) is 26.7 Å². The molecular formula is C22H28ClN3O4. The molecule has 0 bridgehead atoms. The maximum Gasteiger partial charge on any atom is 0.417 e. The lowest BCUT2D eigenvalue weighted by molar-refractivity contribution is 0.0474. The summed E-state index contributed by atoms with van der Waals surface area (Å²) in [6, 6.07) is 6.03. The quantitative estimate of drug-likeness (QED) is 0.639. The summed E-state index contributed by atoms with van der Waals surface area (Å²) in [5.74, 6) is 1.27. The van der Waals surface area contributed by atoms with Gasteiger partial charge in [-0.2, -0.15) is 0 Å². The molecule has 4 rings (SSSR count). The highest BCUT2D eigenvalue weighted by Gasteiger charge is 2.33. The monoisotopic (exact) mass is 433 g/mol. The number of rotatable bonds is 7. The lowest BCUT2D eigenvalue weighted by Crippen LogP contribution is -2.42. The second-order valence-corrected chi connectivity index (χ2v) is 8.64. The van der Waals surface area contributed by atoms with Crippen LogP contribution in [0, 0.1) is 12.8 Å². The van der Waals surface area contributed by atoms with Crippen LogP contribution in [0.4, 0.5) is 4.79 Å². The number of hydrogen-bond donors (Lipinski definition) is 0. The van der Waals surface area contributed by atoms with Gasteiger partial charge in [-0.05, 0) is 63.2 Å². The number of likely N-dealkylation sites (tertiary alicyclic amines) is 1. The zero-order chi connectivity index (χ0) is 21.1. The standard InChI is InChI=1S/C22H28ClN3O4/c1-15-21(28-14-24-15)30-22(27)25(2)12-16-10-18(11-16)29-19-7-5-6-17(20(19)23)13-26-8-3-4-9-26/h5-7,14,16,18H,3-4,8-13H2,1-2H3. The molecule has 1 aliphatic carbocycles. The van der Waals surface area contributed by atoms with Gasteiger partial charge in [-0.1, -0.05) is 23.7 Å². The van der Waals surface area contributed by atoms with Gasteiger partial charge in [0.25, 0.3) is 0 Å². The van der Waals surface area contributed by atoms with E-state index in [4.69, 9.17) is 25.5 Å². The van der Waals surface area contributed by atoms with Gasteiger partial charge in [-0.15, -0.1) is 0 Å². The minimum absolute atomic E-state index is 0.121. The van der Waals surface area contributed by atoms with Gasteiger partial charge >= 0.3 is 12.0 Å². The van der Waals surface area contributed by atoms with Gasteiger partial charge in [0.2, 0.25) is 0 Å². The van der Waals surface area contributed by atoms with Crippen LogP contribution in [0.5, 0.6) is 11.7 Å².